The Bertz CT molecular complexity index is 1490. The lowest BCUT2D eigenvalue weighted by atomic mass is 10.1. The molecule has 0 N–H and O–H groups in total. The zero-order valence-electron chi connectivity index (χ0n) is 17.3. The van der Waals surface area contributed by atoms with E-state index >= 15 is 0 Å². The van der Waals surface area contributed by atoms with E-state index in [9.17, 15) is 4.79 Å². The van der Waals surface area contributed by atoms with Crippen LogP contribution in [0.15, 0.2) is 77.7 Å². The Hall–Kier alpha value is -4.06. The molecule has 5 aromatic rings. The van der Waals surface area contributed by atoms with Crippen LogP contribution in [0, 0.1) is 0 Å². The smallest absolute Gasteiger partial charge is 0.267 e. The molecule has 31 heavy (non-hydrogen) atoms. The second-order valence-corrected chi connectivity index (χ2v) is 7.65. The third-order valence-corrected chi connectivity index (χ3v) is 5.17. The Kier molecular flexibility index (Phi) is 4.67. The number of hydrogen-bond acceptors (Lipinski definition) is 4. The summed E-state index contributed by atoms with van der Waals surface area (Å²) in [6.07, 6.45) is 5.81. The van der Waals surface area contributed by atoms with E-state index in [4.69, 9.17) is 10.1 Å². The summed E-state index contributed by atoms with van der Waals surface area (Å²) in [6, 6.07) is 21.3. The van der Waals surface area contributed by atoms with Gasteiger partial charge in [-0.25, -0.2) is 14.2 Å². The van der Waals surface area contributed by atoms with Crippen LogP contribution >= 0.6 is 0 Å². The van der Waals surface area contributed by atoms with Gasteiger partial charge in [-0.2, -0.15) is 10.2 Å². The van der Waals surface area contributed by atoms with Crippen molar-refractivity contribution in [2.75, 3.05) is 0 Å². The van der Waals surface area contributed by atoms with Crippen LogP contribution in [0.5, 0.6) is 0 Å². The highest BCUT2D eigenvalue weighted by Crippen LogP contribution is 2.28. The quantitative estimate of drug-likeness (QED) is 0.427. The molecule has 0 spiro atoms. The van der Waals surface area contributed by atoms with Crippen LogP contribution in [-0.4, -0.2) is 24.4 Å². The van der Waals surface area contributed by atoms with Gasteiger partial charge in [0.1, 0.15) is 0 Å². The number of pyridine rings is 2. The Morgan fingerprint density at radius 2 is 1.71 bits per heavy atom. The first-order valence-electron chi connectivity index (χ1n) is 10.2. The predicted molar refractivity (Wildman–Crippen MR) is 124 cm³/mol. The lowest BCUT2D eigenvalue weighted by molar-refractivity contribution is 0.505. The molecule has 0 bridgehead atoms. The molecule has 0 saturated carbocycles. The molecule has 6 nitrogen and oxygen atoms in total. The summed E-state index contributed by atoms with van der Waals surface area (Å²) >= 11 is 0. The van der Waals surface area contributed by atoms with Crippen LogP contribution in [0.2, 0.25) is 0 Å². The molecule has 0 radical (unpaired) electrons. The van der Waals surface area contributed by atoms with Crippen molar-refractivity contribution in [3.63, 3.8) is 0 Å². The van der Waals surface area contributed by atoms with Crippen molar-refractivity contribution in [2.24, 2.45) is 0 Å². The Morgan fingerprint density at radius 1 is 0.871 bits per heavy atom. The van der Waals surface area contributed by atoms with Gasteiger partial charge < -0.3 is 0 Å². The molecule has 5 rings (SSSR count). The number of aromatic nitrogens is 5. The van der Waals surface area contributed by atoms with Gasteiger partial charge in [-0.05, 0) is 56.3 Å². The molecule has 0 atom stereocenters. The number of para-hydroxylation sites is 1. The van der Waals surface area contributed by atoms with E-state index in [2.05, 4.69) is 11.2 Å². The fourth-order valence-electron chi connectivity index (χ4n) is 3.66. The van der Waals surface area contributed by atoms with Gasteiger partial charge in [-0.15, -0.1) is 0 Å². The number of fused-ring (bicyclic) bond motifs is 2. The van der Waals surface area contributed by atoms with E-state index in [1.165, 1.54) is 4.68 Å². The average molecular weight is 407 g/mol. The van der Waals surface area contributed by atoms with Gasteiger partial charge >= 0.3 is 0 Å². The monoisotopic (exact) mass is 407 g/mol. The maximum atomic E-state index is 12.2. The van der Waals surface area contributed by atoms with Crippen molar-refractivity contribution in [1.82, 2.24) is 24.4 Å². The summed E-state index contributed by atoms with van der Waals surface area (Å²) in [5.41, 5.74) is 4.96. The Labute approximate surface area is 179 Å². The maximum Gasteiger partial charge on any atom is 0.267 e. The first kappa shape index (κ1) is 18.9. The topological polar surface area (TPSA) is 65.1 Å². The molecule has 0 aliphatic rings. The van der Waals surface area contributed by atoms with E-state index in [-0.39, 0.29) is 11.6 Å². The molecule has 0 aliphatic carbocycles. The van der Waals surface area contributed by atoms with Crippen LogP contribution < -0.4 is 5.56 Å². The molecule has 0 fully saturated rings. The number of nitrogens with zero attached hydrogens (tertiary/aromatic N) is 5. The third kappa shape index (κ3) is 3.53. The summed E-state index contributed by atoms with van der Waals surface area (Å²) < 4.78 is 3.33. The van der Waals surface area contributed by atoms with Crippen LogP contribution in [0.1, 0.15) is 31.3 Å². The van der Waals surface area contributed by atoms with Gasteiger partial charge in [0.15, 0.2) is 0 Å². The summed E-state index contributed by atoms with van der Waals surface area (Å²) in [4.78, 5) is 16.9. The van der Waals surface area contributed by atoms with Crippen LogP contribution in [0.3, 0.4) is 0 Å². The van der Waals surface area contributed by atoms with Crippen LogP contribution in [0.25, 0.3) is 39.8 Å². The molecule has 4 heterocycles. The largest absolute Gasteiger partial charge is 0.268 e. The minimum Gasteiger partial charge on any atom is -0.268 e. The van der Waals surface area contributed by atoms with Crippen LogP contribution in [0.4, 0.5) is 0 Å². The normalized spacial score (nSPS) is 11.8. The van der Waals surface area contributed by atoms with Gasteiger partial charge in [0.05, 0.1) is 39.7 Å². The zero-order valence-corrected chi connectivity index (χ0v) is 17.3. The molecule has 0 unspecified atom stereocenters. The predicted octanol–water partition coefficient (Wildman–Crippen LogP) is 4.86. The molecule has 6 heteroatoms. The minimum absolute atomic E-state index is 0.0323. The van der Waals surface area contributed by atoms with Gasteiger partial charge in [-0.3, -0.25) is 4.79 Å². The third-order valence-electron chi connectivity index (χ3n) is 5.17. The zero-order chi connectivity index (χ0) is 21.4. The van der Waals surface area contributed by atoms with Gasteiger partial charge in [0.25, 0.3) is 5.56 Å². The van der Waals surface area contributed by atoms with Crippen molar-refractivity contribution < 1.29 is 0 Å². The molecular weight excluding hydrogens is 386 g/mol. The number of rotatable bonds is 4. The van der Waals surface area contributed by atoms with Crippen molar-refractivity contribution in [1.29, 1.82) is 0 Å². The molecular formula is C25H21N5O. The second-order valence-electron chi connectivity index (χ2n) is 7.65. The van der Waals surface area contributed by atoms with Crippen molar-refractivity contribution in [2.45, 2.75) is 19.9 Å². The Balaban J connectivity index is 1.64. The molecule has 1 aromatic carbocycles. The lowest BCUT2D eigenvalue weighted by Crippen LogP contribution is -2.23. The molecule has 4 aromatic heterocycles. The van der Waals surface area contributed by atoms with Crippen molar-refractivity contribution >= 4 is 28.6 Å². The van der Waals surface area contributed by atoms with Crippen LogP contribution in [-0.2, 0) is 0 Å². The van der Waals surface area contributed by atoms with E-state index in [0.717, 1.165) is 33.4 Å². The summed E-state index contributed by atoms with van der Waals surface area (Å²) in [5.74, 6) is 0. The van der Waals surface area contributed by atoms with Crippen molar-refractivity contribution in [3.8, 4) is 11.3 Å². The molecule has 152 valence electrons. The number of hydrogen-bond donors (Lipinski definition) is 0. The van der Waals surface area contributed by atoms with Gasteiger partial charge in [0, 0.05) is 17.6 Å². The Morgan fingerprint density at radius 3 is 2.58 bits per heavy atom. The summed E-state index contributed by atoms with van der Waals surface area (Å²) in [5, 5.41) is 10.5. The second kappa shape index (κ2) is 7.65. The fourth-order valence-corrected chi connectivity index (χ4v) is 3.66. The lowest BCUT2D eigenvalue weighted by Gasteiger charge is -2.10. The highest BCUT2D eigenvalue weighted by molar-refractivity contribution is 5.88. The molecule has 0 amide bonds. The maximum absolute atomic E-state index is 12.2. The first-order chi connectivity index (χ1) is 15.1. The first-order valence-corrected chi connectivity index (χ1v) is 10.2. The van der Waals surface area contributed by atoms with E-state index in [1.807, 2.05) is 85.2 Å². The summed E-state index contributed by atoms with van der Waals surface area (Å²) in [7, 11) is 0. The van der Waals surface area contributed by atoms with E-state index < -0.39 is 0 Å². The SMILES string of the molecule is CC(C)n1nc(-c2c(/C=C/c3ccc4ccccc4n3)nn3ccccc23)ccc1=O. The average Bonchev–Trinajstić information content (AvgIpc) is 3.16. The molecule has 0 aliphatic heterocycles. The summed E-state index contributed by atoms with van der Waals surface area (Å²) in [6.45, 7) is 3.89. The minimum atomic E-state index is -0.118. The van der Waals surface area contributed by atoms with E-state index in [1.54, 1.807) is 12.1 Å². The number of benzene rings is 1. The van der Waals surface area contributed by atoms with Gasteiger partial charge in [-0.1, -0.05) is 30.3 Å². The highest BCUT2D eigenvalue weighted by Gasteiger charge is 2.16. The molecule has 0 saturated heterocycles. The standard InChI is InChI=1S/C25H21N5O/c1-17(2)30-24(31)15-14-22(28-30)25-21(27-29-16-6-5-9-23(25)29)13-12-19-11-10-18-7-3-4-8-20(18)26-19/h3-17H,1-2H3/b13-12+. The van der Waals surface area contributed by atoms with Crippen molar-refractivity contribution in [3.05, 3.63) is 94.7 Å². The van der Waals surface area contributed by atoms with E-state index in [0.29, 0.717) is 5.69 Å². The fraction of sp³-hybridized carbons (Fsp3) is 0.120. The van der Waals surface area contributed by atoms with Gasteiger partial charge in [0.2, 0.25) is 0 Å². The highest BCUT2D eigenvalue weighted by atomic mass is 16.1.